The molecule has 2 heterocycles. The molecule has 28 heavy (non-hydrogen) atoms. The van der Waals surface area contributed by atoms with Crippen LogP contribution < -0.4 is 15.0 Å². The smallest absolute Gasteiger partial charge is 0.265 e. The van der Waals surface area contributed by atoms with Crippen LogP contribution in [0.2, 0.25) is 5.02 Å². The fraction of sp³-hybridized carbons (Fsp3) is 0.211. The molecule has 0 radical (unpaired) electrons. The maximum absolute atomic E-state index is 13.4. The molecular formula is C19H14ClFN2O3S2. The third kappa shape index (κ3) is 3.85. The monoisotopic (exact) mass is 436 g/mol. The molecule has 0 aromatic heterocycles. The first kappa shape index (κ1) is 19.2. The summed E-state index contributed by atoms with van der Waals surface area (Å²) >= 11 is 12.2. The van der Waals surface area contributed by atoms with Gasteiger partial charge in [-0.2, -0.15) is 0 Å². The third-order valence-electron chi connectivity index (χ3n) is 4.48. The van der Waals surface area contributed by atoms with Gasteiger partial charge < -0.3 is 15.0 Å². The Morgan fingerprint density at radius 3 is 2.75 bits per heavy atom. The van der Waals surface area contributed by atoms with Crippen molar-refractivity contribution < 1.29 is 18.7 Å². The Morgan fingerprint density at radius 2 is 2.04 bits per heavy atom. The highest BCUT2D eigenvalue weighted by molar-refractivity contribution is 8.24. The van der Waals surface area contributed by atoms with Gasteiger partial charge in [0.1, 0.15) is 15.9 Å². The Bertz CT molecular complexity index is 1000. The van der Waals surface area contributed by atoms with Gasteiger partial charge in [0.25, 0.3) is 5.91 Å². The highest BCUT2D eigenvalue weighted by Gasteiger charge is 2.31. The summed E-state index contributed by atoms with van der Waals surface area (Å²) in [6.07, 6.45) is 0.480. The first-order chi connectivity index (χ1) is 13.4. The molecule has 2 aromatic carbocycles. The fourth-order valence-electron chi connectivity index (χ4n) is 3.11. The molecule has 9 heteroatoms. The van der Waals surface area contributed by atoms with E-state index < -0.39 is 5.82 Å². The predicted molar refractivity (Wildman–Crippen MR) is 110 cm³/mol. The molecule has 2 aliphatic rings. The summed E-state index contributed by atoms with van der Waals surface area (Å²) in [6, 6.07) is 9.87. The van der Waals surface area contributed by atoms with E-state index in [0.29, 0.717) is 27.7 Å². The number of thioether (sulfide) groups is 1. The maximum atomic E-state index is 13.4. The minimum atomic E-state index is -0.508. The molecule has 2 amide bonds. The number of anilines is 1. The van der Waals surface area contributed by atoms with Crippen molar-refractivity contribution in [2.24, 2.45) is 0 Å². The number of thiocarbonyl (C=S) groups is 1. The Balaban J connectivity index is 1.61. The molecule has 0 aliphatic carbocycles. The largest absolute Gasteiger partial charge is 0.482 e. The summed E-state index contributed by atoms with van der Waals surface area (Å²) in [7, 11) is 0. The van der Waals surface area contributed by atoms with E-state index in [0.717, 1.165) is 5.56 Å². The van der Waals surface area contributed by atoms with Crippen LogP contribution in [0.1, 0.15) is 11.1 Å². The molecule has 2 aromatic rings. The summed E-state index contributed by atoms with van der Waals surface area (Å²) in [5, 5.41) is 2.34. The van der Waals surface area contributed by atoms with Gasteiger partial charge in [-0.15, -0.1) is 0 Å². The highest BCUT2D eigenvalue weighted by atomic mass is 35.5. The van der Waals surface area contributed by atoms with E-state index in [9.17, 15) is 14.0 Å². The lowest BCUT2D eigenvalue weighted by Gasteiger charge is -2.30. The standard InChI is InChI=1S/C19H14ClFN2O3S2/c20-12-5-11(1-3-13(12)21)8-23-14-6-10(2-4-15(14)26-9-17(23)24)7-16-18(25)22-19(27)28-16/h1-6,16H,7-9H2,(H,22,25,27). The molecule has 1 fully saturated rings. The minimum Gasteiger partial charge on any atom is -0.482 e. The van der Waals surface area contributed by atoms with E-state index in [2.05, 4.69) is 5.32 Å². The van der Waals surface area contributed by atoms with Crippen molar-refractivity contribution in [3.63, 3.8) is 0 Å². The quantitative estimate of drug-likeness (QED) is 0.744. The molecule has 1 atom stereocenters. The van der Waals surface area contributed by atoms with Crippen LogP contribution in [0.15, 0.2) is 36.4 Å². The van der Waals surface area contributed by atoms with E-state index >= 15 is 0 Å². The Kier molecular flexibility index (Phi) is 5.27. The maximum Gasteiger partial charge on any atom is 0.265 e. The first-order valence-corrected chi connectivity index (χ1v) is 10.1. The number of carbonyl (C=O) groups is 2. The van der Waals surface area contributed by atoms with Crippen molar-refractivity contribution in [2.45, 2.75) is 18.2 Å². The normalized spacial score (nSPS) is 18.7. The molecular weight excluding hydrogens is 423 g/mol. The van der Waals surface area contributed by atoms with Gasteiger partial charge >= 0.3 is 0 Å². The fourth-order valence-corrected chi connectivity index (χ4v) is 4.62. The zero-order valence-corrected chi connectivity index (χ0v) is 16.8. The number of benzene rings is 2. The highest BCUT2D eigenvalue weighted by Crippen LogP contribution is 2.35. The lowest BCUT2D eigenvalue weighted by molar-refractivity contribution is -0.121. The van der Waals surface area contributed by atoms with Gasteiger partial charge in [-0.3, -0.25) is 9.59 Å². The number of fused-ring (bicyclic) bond motifs is 1. The molecule has 144 valence electrons. The zero-order valence-electron chi connectivity index (χ0n) is 14.4. The number of carbonyl (C=O) groups excluding carboxylic acids is 2. The summed E-state index contributed by atoms with van der Waals surface area (Å²) in [4.78, 5) is 26.0. The van der Waals surface area contributed by atoms with Crippen LogP contribution in [0.4, 0.5) is 10.1 Å². The number of hydrogen-bond donors (Lipinski definition) is 1. The van der Waals surface area contributed by atoms with Crippen molar-refractivity contribution in [3.8, 4) is 5.75 Å². The van der Waals surface area contributed by atoms with Crippen molar-refractivity contribution in [1.82, 2.24) is 5.32 Å². The number of nitrogens with zero attached hydrogens (tertiary/aromatic N) is 1. The molecule has 4 rings (SSSR count). The van der Waals surface area contributed by atoms with Gasteiger partial charge in [0.15, 0.2) is 6.61 Å². The summed E-state index contributed by atoms with van der Waals surface area (Å²) in [5.41, 5.74) is 2.20. The van der Waals surface area contributed by atoms with Gasteiger partial charge in [-0.25, -0.2) is 4.39 Å². The molecule has 1 N–H and O–H groups in total. The Hall–Kier alpha value is -2.16. The van der Waals surface area contributed by atoms with Crippen LogP contribution in [0.3, 0.4) is 0 Å². The van der Waals surface area contributed by atoms with E-state index in [-0.39, 0.29) is 35.2 Å². The first-order valence-electron chi connectivity index (χ1n) is 8.42. The van der Waals surface area contributed by atoms with Gasteiger partial charge in [0, 0.05) is 0 Å². The average Bonchev–Trinajstić information content (AvgIpc) is 2.97. The number of nitrogens with one attached hydrogen (secondary N) is 1. The number of ether oxygens (including phenoxy) is 1. The Labute approximate surface area is 175 Å². The van der Waals surface area contributed by atoms with Crippen LogP contribution >= 0.6 is 35.6 Å². The van der Waals surface area contributed by atoms with Gasteiger partial charge in [0.05, 0.1) is 22.5 Å². The molecule has 0 spiro atoms. The van der Waals surface area contributed by atoms with E-state index in [1.807, 2.05) is 12.1 Å². The second-order valence-electron chi connectivity index (χ2n) is 6.41. The van der Waals surface area contributed by atoms with Gasteiger partial charge in [-0.1, -0.05) is 47.7 Å². The van der Waals surface area contributed by atoms with Crippen LogP contribution in [0.5, 0.6) is 5.75 Å². The molecule has 5 nitrogen and oxygen atoms in total. The molecule has 0 saturated carbocycles. The van der Waals surface area contributed by atoms with Crippen molar-refractivity contribution in [3.05, 3.63) is 58.4 Å². The van der Waals surface area contributed by atoms with E-state index in [1.165, 1.54) is 23.9 Å². The SMILES string of the molecule is O=C1NC(=S)SC1Cc1ccc2c(c1)N(Cc1ccc(F)c(Cl)c1)C(=O)CO2. The lowest BCUT2D eigenvalue weighted by atomic mass is 10.1. The number of halogens is 2. The van der Waals surface area contributed by atoms with Crippen molar-refractivity contribution >= 4 is 57.4 Å². The molecule has 0 bridgehead atoms. The molecule has 1 unspecified atom stereocenters. The second-order valence-corrected chi connectivity index (χ2v) is 8.69. The Morgan fingerprint density at radius 1 is 1.25 bits per heavy atom. The van der Waals surface area contributed by atoms with E-state index in [4.69, 9.17) is 28.6 Å². The van der Waals surface area contributed by atoms with Crippen molar-refractivity contribution in [1.29, 1.82) is 0 Å². The van der Waals surface area contributed by atoms with Crippen LogP contribution in [0.25, 0.3) is 0 Å². The molecule has 2 aliphatic heterocycles. The van der Waals surface area contributed by atoms with Gasteiger partial charge in [-0.05, 0) is 41.8 Å². The number of hydrogen-bond acceptors (Lipinski definition) is 5. The topological polar surface area (TPSA) is 58.6 Å². The van der Waals surface area contributed by atoms with E-state index in [1.54, 1.807) is 17.0 Å². The summed E-state index contributed by atoms with van der Waals surface area (Å²) in [5.74, 6) is -0.251. The van der Waals surface area contributed by atoms with Crippen LogP contribution in [-0.2, 0) is 22.6 Å². The van der Waals surface area contributed by atoms with Crippen LogP contribution in [-0.4, -0.2) is 28.0 Å². The summed E-state index contributed by atoms with van der Waals surface area (Å²) < 4.78 is 19.4. The van der Waals surface area contributed by atoms with Gasteiger partial charge in [0.2, 0.25) is 5.91 Å². The predicted octanol–water partition coefficient (Wildman–Crippen LogP) is 3.46. The number of amides is 2. The molecule has 1 saturated heterocycles. The second kappa shape index (κ2) is 7.69. The summed E-state index contributed by atoms with van der Waals surface area (Å²) in [6.45, 7) is 0.165. The number of rotatable bonds is 4. The lowest BCUT2D eigenvalue weighted by Crippen LogP contribution is -2.38. The average molecular weight is 437 g/mol. The third-order valence-corrected chi connectivity index (χ3v) is 6.14. The van der Waals surface area contributed by atoms with Crippen molar-refractivity contribution in [2.75, 3.05) is 11.5 Å². The minimum absolute atomic E-state index is 0.00687. The zero-order chi connectivity index (χ0) is 19.8. The van der Waals surface area contributed by atoms with Crippen LogP contribution in [0, 0.1) is 5.82 Å².